The number of carbonyl (C=O) groups excluding carboxylic acids is 4. The van der Waals surface area contributed by atoms with E-state index >= 15 is 0 Å². The number of nitrogens with one attached hydrogen (secondary N) is 4. The number of nitrogens with zero attached hydrogens (tertiary/aromatic N) is 4. The van der Waals surface area contributed by atoms with E-state index in [4.69, 9.17) is 9.72 Å². The molecule has 0 aliphatic carbocycles. The highest BCUT2D eigenvalue weighted by Crippen LogP contribution is 2.42. The summed E-state index contributed by atoms with van der Waals surface area (Å²) < 4.78 is 15.6. The second kappa shape index (κ2) is 16.3. The highest BCUT2D eigenvalue weighted by Gasteiger charge is 2.25. The van der Waals surface area contributed by atoms with Gasteiger partial charge >= 0.3 is 12.2 Å². The minimum absolute atomic E-state index is 0.0721. The lowest BCUT2D eigenvalue weighted by atomic mass is 9.92. The largest absolute Gasteiger partial charge is 0.488 e. The Morgan fingerprint density at radius 3 is 2.48 bits per heavy atom. The molecule has 4 N–H and O–H groups in total. The molecule has 3 aromatic carbocycles. The van der Waals surface area contributed by atoms with Crippen molar-refractivity contribution in [3.05, 3.63) is 65.9 Å². The number of ether oxygens (including phenoxy) is 3. The summed E-state index contributed by atoms with van der Waals surface area (Å²) in [5.74, 6) is 1.56. The summed E-state index contributed by atoms with van der Waals surface area (Å²) >= 11 is 0. The number of carbonyl (C=O) groups is 4. The summed E-state index contributed by atoms with van der Waals surface area (Å²) in [4.78, 5) is 69.0. The number of rotatable bonds is 13. The van der Waals surface area contributed by atoms with Crippen LogP contribution in [0.2, 0.25) is 0 Å². The molecule has 4 amide bonds. The Morgan fingerprint density at radius 1 is 0.944 bits per heavy atom. The van der Waals surface area contributed by atoms with Gasteiger partial charge in [-0.3, -0.25) is 9.59 Å². The average molecular weight is 739 g/mol. The second-order valence-corrected chi connectivity index (χ2v) is 13.4. The molecule has 0 saturated carbocycles. The maximum atomic E-state index is 13.1. The molecule has 0 bridgehead atoms. The fraction of sp³-hybridized carbons (Fsp3) is 0.385. The van der Waals surface area contributed by atoms with E-state index in [9.17, 15) is 19.2 Å². The number of H-pyrrole nitrogens is 2. The van der Waals surface area contributed by atoms with Crippen molar-refractivity contribution in [2.24, 2.45) is 0 Å². The van der Waals surface area contributed by atoms with Crippen LogP contribution < -0.4 is 15.4 Å². The van der Waals surface area contributed by atoms with Crippen LogP contribution in [-0.2, 0) is 38.8 Å². The zero-order valence-corrected chi connectivity index (χ0v) is 31.4. The predicted octanol–water partition coefficient (Wildman–Crippen LogP) is 5.63. The Bertz CT molecular complexity index is 2190. The highest BCUT2D eigenvalue weighted by atomic mass is 16.5. The minimum Gasteiger partial charge on any atom is -0.488 e. The first-order valence-corrected chi connectivity index (χ1v) is 18.0. The van der Waals surface area contributed by atoms with Gasteiger partial charge < -0.3 is 44.6 Å². The standard InChI is InChI=1S/C39H46N8O7/c1-7-13-46(37(49)23(4)42-39(51)53-6)19-33-40-17-31(44-33)25-9-11-27-26(14-25)21-54-32-16-28-24(15-29(27)32)10-12-30-36(28)45-34(43-30)20-47(22(3)8-2)35(48)18-41-38(50)52-5/h9-12,14-17,22-23H,7-8,13,18-21H2,1-6H3,(H,40,44)(H,41,50)(H,42,51)(H,43,45)/t22-,23-/m0/s1. The van der Waals surface area contributed by atoms with Crippen molar-refractivity contribution in [3.8, 4) is 28.1 Å². The van der Waals surface area contributed by atoms with Gasteiger partial charge in [-0.05, 0) is 73.0 Å². The summed E-state index contributed by atoms with van der Waals surface area (Å²) in [5, 5.41) is 6.94. The summed E-state index contributed by atoms with van der Waals surface area (Å²) in [6, 6.07) is 13.6. The van der Waals surface area contributed by atoms with Gasteiger partial charge in [0.25, 0.3) is 0 Å². The zero-order valence-electron chi connectivity index (χ0n) is 31.4. The van der Waals surface area contributed by atoms with E-state index < -0.39 is 18.2 Å². The third-order valence-corrected chi connectivity index (χ3v) is 9.70. The normalized spacial score (nSPS) is 12.9. The van der Waals surface area contributed by atoms with Crippen molar-refractivity contribution in [3.63, 3.8) is 0 Å². The molecule has 0 fully saturated rings. The molecule has 1 aliphatic rings. The van der Waals surface area contributed by atoms with E-state index in [1.54, 1.807) is 22.9 Å². The van der Waals surface area contributed by atoms with Crippen LogP contribution in [0.25, 0.3) is 44.2 Å². The molecule has 0 saturated heterocycles. The molecule has 15 nitrogen and oxygen atoms in total. The summed E-state index contributed by atoms with van der Waals surface area (Å²) in [5.41, 5.74) is 6.45. The molecule has 284 valence electrons. The Hall–Kier alpha value is -6.12. The van der Waals surface area contributed by atoms with Crippen molar-refractivity contribution in [1.29, 1.82) is 0 Å². The summed E-state index contributed by atoms with van der Waals surface area (Å²) in [7, 11) is 2.52. The molecule has 2 atom stereocenters. The van der Waals surface area contributed by atoms with Crippen LogP contribution in [0, 0.1) is 0 Å². The van der Waals surface area contributed by atoms with Gasteiger partial charge in [0.05, 0.1) is 50.2 Å². The smallest absolute Gasteiger partial charge is 0.407 e. The highest BCUT2D eigenvalue weighted by molar-refractivity contribution is 6.07. The number of hydrogen-bond donors (Lipinski definition) is 4. The van der Waals surface area contributed by atoms with E-state index in [0.29, 0.717) is 24.8 Å². The molecule has 0 unspecified atom stereocenters. The maximum Gasteiger partial charge on any atom is 0.407 e. The number of methoxy groups -OCH3 is 2. The molecule has 5 aromatic rings. The monoisotopic (exact) mass is 738 g/mol. The molecule has 0 radical (unpaired) electrons. The quantitative estimate of drug-likeness (QED) is 0.119. The van der Waals surface area contributed by atoms with Crippen molar-refractivity contribution in [1.82, 2.24) is 40.4 Å². The number of alkyl carbamates (subject to hydrolysis) is 2. The van der Waals surface area contributed by atoms with Crippen LogP contribution in [0.15, 0.2) is 48.7 Å². The number of aromatic amines is 2. The van der Waals surface area contributed by atoms with E-state index in [1.807, 2.05) is 45.0 Å². The van der Waals surface area contributed by atoms with Gasteiger partial charge in [0.2, 0.25) is 11.8 Å². The first-order chi connectivity index (χ1) is 26.0. The summed E-state index contributed by atoms with van der Waals surface area (Å²) in [6.07, 6.45) is 1.92. The van der Waals surface area contributed by atoms with E-state index in [2.05, 4.69) is 53.3 Å². The van der Waals surface area contributed by atoms with Gasteiger partial charge in [-0.15, -0.1) is 0 Å². The third-order valence-electron chi connectivity index (χ3n) is 9.70. The first-order valence-electron chi connectivity index (χ1n) is 18.0. The van der Waals surface area contributed by atoms with Crippen LogP contribution in [0.5, 0.6) is 5.75 Å². The van der Waals surface area contributed by atoms with Gasteiger partial charge in [0.1, 0.15) is 36.6 Å². The van der Waals surface area contributed by atoms with Crippen LogP contribution in [-0.4, -0.2) is 93.1 Å². The SMILES string of the molecule is CCCN(Cc1ncc(-c2ccc3c(c2)COc2cc4c(ccc5[nH]c(CN(C(=O)CNC(=O)OC)[C@@H](C)CC)nc54)cc2-3)[nH]1)C(=O)[C@H](C)NC(=O)OC. The number of benzene rings is 3. The summed E-state index contributed by atoms with van der Waals surface area (Å²) in [6.45, 7) is 8.82. The van der Waals surface area contributed by atoms with Crippen LogP contribution in [0.4, 0.5) is 9.59 Å². The Balaban J connectivity index is 1.21. The Morgan fingerprint density at radius 2 is 1.74 bits per heavy atom. The molecule has 15 heteroatoms. The first kappa shape index (κ1) is 37.6. The molecule has 1 aliphatic heterocycles. The topological polar surface area (TPSA) is 184 Å². The van der Waals surface area contributed by atoms with Crippen LogP contribution in [0.1, 0.15) is 57.7 Å². The molecule has 2 aromatic heterocycles. The lowest BCUT2D eigenvalue weighted by Gasteiger charge is -2.27. The molecule has 0 spiro atoms. The fourth-order valence-corrected chi connectivity index (χ4v) is 6.65. The molecular formula is C39H46N8O7. The maximum absolute atomic E-state index is 13.1. The van der Waals surface area contributed by atoms with Gasteiger partial charge in [-0.2, -0.15) is 0 Å². The van der Waals surface area contributed by atoms with E-state index in [0.717, 1.165) is 68.3 Å². The number of amides is 4. The van der Waals surface area contributed by atoms with Crippen molar-refractivity contribution < 1.29 is 33.4 Å². The van der Waals surface area contributed by atoms with E-state index in [-0.39, 0.29) is 37.5 Å². The molecule has 54 heavy (non-hydrogen) atoms. The van der Waals surface area contributed by atoms with Gasteiger partial charge in [-0.25, -0.2) is 19.6 Å². The number of aromatic nitrogens is 4. The van der Waals surface area contributed by atoms with Gasteiger partial charge in [0, 0.05) is 23.5 Å². The lowest BCUT2D eigenvalue weighted by Crippen LogP contribution is -2.47. The van der Waals surface area contributed by atoms with Gasteiger partial charge in [-0.1, -0.05) is 32.0 Å². The van der Waals surface area contributed by atoms with Crippen molar-refractivity contribution in [2.75, 3.05) is 27.3 Å². The van der Waals surface area contributed by atoms with E-state index in [1.165, 1.54) is 14.2 Å². The lowest BCUT2D eigenvalue weighted by molar-refractivity contribution is -0.134. The number of imidazole rings is 2. The molecule has 6 rings (SSSR count). The number of fused-ring (bicyclic) bond motifs is 6. The average Bonchev–Trinajstić information content (AvgIpc) is 3.84. The van der Waals surface area contributed by atoms with Gasteiger partial charge in [0.15, 0.2) is 0 Å². The van der Waals surface area contributed by atoms with Crippen molar-refractivity contribution >= 4 is 45.8 Å². The van der Waals surface area contributed by atoms with Crippen molar-refractivity contribution in [2.45, 2.75) is 72.3 Å². The zero-order chi connectivity index (χ0) is 38.5. The second-order valence-electron chi connectivity index (χ2n) is 13.4. The molecular weight excluding hydrogens is 692 g/mol. The minimum atomic E-state index is -0.742. The third kappa shape index (κ3) is 7.94. The number of hydrogen-bond acceptors (Lipinski definition) is 9. The Labute approximate surface area is 312 Å². The Kier molecular flexibility index (Phi) is 11.3. The predicted molar refractivity (Wildman–Crippen MR) is 202 cm³/mol. The van der Waals surface area contributed by atoms with Crippen LogP contribution >= 0.6 is 0 Å². The van der Waals surface area contributed by atoms with Crippen LogP contribution in [0.3, 0.4) is 0 Å². The fourth-order valence-electron chi connectivity index (χ4n) is 6.65. The molecule has 3 heterocycles.